The summed E-state index contributed by atoms with van der Waals surface area (Å²) in [5.41, 5.74) is 4.05. The zero-order valence-electron chi connectivity index (χ0n) is 21.1. The zero-order chi connectivity index (χ0) is 29.2. The number of halogens is 6. The van der Waals surface area contributed by atoms with E-state index >= 15 is 0 Å². The lowest BCUT2D eigenvalue weighted by molar-refractivity contribution is -0.143. The second-order valence-electron chi connectivity index (χ2n) is 9.60. The molecule has 2 aliphatic rings. The third-order valence-electron chi connectivity index (χ3n) is 6.57. The lowest BCUT2D eigenvalue weighted by Gasteiger charge is -2.22. The summed E-state index contributed by atoms with van der Waals surface area (Å²) in [6.07, 6.45) is 1.88. The molecule has 3 N–H and O–H groups in total. The number of ether oxygens (including phenoxy) is 1. The molecular formula is C30H25F6NO3. The van der Waals surface area contributed by atoms with E-state index < -0.39 is 35.5 Å². The molecule has 0 aliphatic heterocycles. The number of rotatable bonds is 6. The highest BCUT2D eigenvalue weighted by molar-refractivity contribution is 5.85. The molecule has 3 atom stereocenters. The van der Waals surface area contributed by atoms with Crippen molar-refractivity contribution in [1.29, 1.82) is 0 Å². The molecule has 3 unspecified atom stereocenters. The molecule has 0 heterocycles. The van der Waals surface area contributed by atoms with Gasteiger partial charge in [0.2, 0.25) is 5.91 Å². The Morgan fingerprint density at radius 3 is 2.27 bits per heavy atom. The lowest BCUT2D eigenvalue weighted by atomic mass is 9.87. The van der Waals surface area contributed by atoms with Crippen LogP contribution in [-0.2, 0) is 17.1 Å². The van der Waals surface area contributed by atoms with Gasteiger partial charge in [0, 0.05) is 5.92 Å². The Hall–Kier alpha value is -4.05. The number of primary amides is 1. The van der Waals surface area contributed by atoms with E-state index in [9.17, 15) is 36.2 Å². The number of hydrogen-bond donors (Lipinski definition) is 2. The average molecular weight is 562 g/mol. The van der Waals surface area contributed by atoms with Crippen molar-refractivity contribution in [3.05, 3.63) is 112 Å². The maximum Gasteiger partial charge on any atom is 0.416 e. The number of carbonyl (C=O) groups excluding carboxylic acids is 1. The van der Waals surface area contributed by atoms with Crippen molar-refractivity contribution in [3.63, 3.8) is 0 Å². The summed E-state index contributed by atoms with van der Waals surface area (Å²) in [5.74, 6) is 0.146. The van der Waals surface area contributed by atoms with E-state index in [4.69, 9.17) is 10.5 Å². The summed E-state index contributed by atoms with van der Waals surface area (Å²) in [6.45, 7) is 2.26. The minimum absolute atomic E-state index is 0.0323. The summed E-state index contributed by atoms with van der Waals surface area (Å²) >= 11 is 0. The molecular weight excluding hydrogens is 536 g/mol. The second-order valence-corrected chi connectivity index (χ2v) is 9.60. The molecule has 2 aliphatic carbocycles. The molecule has 0 spiro atoms. The SMILES string of the molecule is CC1C=C(COc2ccc3c(c2)C=C/C(=C\c2cc(C(F)(F)F)cc(C(F)(F)F)c2)C3O)C=CC1/C=C/C(N)=O. The highest BCUT2D eigenvalue weighted by Gasteiger charge is 2.37. The molecule has 0 fully saturated rings. The van der Waals surface area contributed by atoms with Gasteiger partial charge in [-0.3, -0.25) is 4.79 Å². The number of hydrogen-bond acceptors (Lipinski definition) is 3. The minimum Gasteiger partial charge on any atom is -0.489 e. The molecule has 210 valence electrons. The standard InChI is InChI=1S/C30H25F6NO3/c1-17-10-18(2-3-20(17)6-9-27(37)38)16-40-25-7-8-26-21(14-25)4-5-22(28(26)39)11-19-12-23(29(31,32)33)15-24(13-19)30(34,35)36/h2-15,17,20,28,39H,16H2,1H3,(H2,37,38)/b9-6+,22-11+. The van der Waals surface area contributed by atoms with Crippen LogP contribution >= 0.6 is 0 Å². The number of benzene rings is 2. The monoisotopic (exact) mass is 561 g/mol. The Labute approximate surface area is 226 Å². The Morgan fingerprint density at radius 2 is 1.68 bits per heavy atom. The fourth-order valence-corrected chi connectivity index (χ4v) is 4.50. The van der Waals surface area contributed by atoms with E-state index in [2.05, 4.69) is 0 Å². The Morgan fingerprint density at radius 1 is 1.00 bits per heavy atom. The average Bonchev–Trinajstić information content (AvgIpc) is 2.87. The van der Waals surface area contributed by atoms with Gasteiger partial charge in [-0.05, 0) is 76.2 Å². The van der Waals surface area contributed by atoms with Crippen LogP contribution in [0.25, 0.3) is 12.2 Å². The predicted octanol–water partition coefficient (Wildman–Crippen LogP) is 7.04. The Kier molecular flexibility index (Phi) is 8.11. The number of aliphatic hydroxyl groups excluding tert-OH is 1. The van der Waals surface area contributed by atoms with Crippen LogP contribution in [0.2, 0.25) is 0 Å². The second kappa shape index (κ2) is 11.2. The summed E-state index contributed by atoms with van der Waals surface area (Å²) in [4.78, 5) is 11.0. The van der Waals surface area contributed by atoms with Crippen molar-refractivity contribution in [2.24, 2.45) is 17.6 Å². The molecule has 1 amide bonds. The molecule has 40 heavy (non-hydrogen) atoms. The third kappa shape index (κ3) is 6.93. The first kappa shape index (κ1) is 28.9. The van der Waals surface area contributed by atoms with Crippen molar-refractivity contribution in [2.45, 2.75) is 25.4 Å². The van der Waals surface area contributed by atoms with Crippen molar-refractivity contribution in [3.8, 4) is 5.75 Å². The van der Waals surface area contributed by atoms with Crippen LogP contribution in [0.4, 0.5) is 26.3 Å². The zero-order valence-corrected chi connectivity index (χ0v) is 21.1. The number of aliphatic hydroxyl groups is 1. The van der Waals surface area contributed by atoms with Crippen LogP contribution in [0.3, 0.4) is 0 Å². The van der Waals surface area contributed by atoms with Gasteiger partial charge in [-0.2, -0.15) is 26.3 Å². The van der Waals surface area contributed by atoms with Crippen LogP contribution in [0.5, 0.6) is 5.75 Å². The van der Waals surface area contributed by atoms with E-state index in [-0.39, 0.29) is 35.6 Å². The maximum absolute atomic E-state index is 13.2. The molecule has 2 aromatic rings. The number of alkyl halides is 6. The van der Waals surface area contributed by atoms with Gasteiger partial charge >= 0.3 is 12.4 Å². The van der Waals surface area contributed by atoms with E-state index in [0.717, 1.165) is 11.6 Å². The quantitative estimate of drug-likeness (QED) is 0.294. The van der Waals surface area contributed by atoms with Crippen LogP contribution in [0.1, 0.15) is 40.8 Å². The number of amides is 1. The summed E-state index contributed by atoms with van der Waals surface area (Å²) < 4.78 is 85.2. The molecule has 0 aromatic heterocycles. The van der Waals surface area contributed by atoms with E-state index in [1.54, 1.807) is 30.4 Å². The fraction of sp³-hybridized carbons (Fsp3) is 0.233. The van der Waals surface area contributed by atoms with E-state index in [1.165, 1.54) is 12.2 Å². The first-order valence-electron chi connectivity index (χ1n) is 12.2. The van der Waals surface area contributed by atoms with Crippen molar-refractivity contribution in [2.75, 3.05) is 6.61 Å². The van der Waals surface area contributed by atoms with Gasteiger partial charge < -0.3 is 15.6 Å². The number of carbonyl (C=O) groups is 1. The molecule has 4 rings (SSSR count). The van der Waals surface area contributed by atoms with Crippen molar-refractivity contribution >= 4 is 18.1 Å². The number of fused-ring (bicyclic) bond motifs is 1. The van der Waals surface area contributed by atoms with Crippen molar-refractivity contribution in [1.82, 2.24) is 0 Å². The molecule has 2 aromatic carbocycles. The van der Waals surface area contributed by atoms with Gasteiger partial charge in [0.1, 0.15) is 18.5 Å². The van der Waals surface area contributed by atoms with Crippen molar-refractivity contribution < 1.29 is 41.0 Å². The topological polar surface area (TPSA) is 72.6 Å². The third-order valence-corrected chi connectivity index (χ3v) is 6.57. The van der Waals surface area contributed by atoms with Gasteiger partial charge in [-0.15, -0.1) is 0 Å². The largest absolute Gasteiger partial charge is 0.489 e. The molecule has 10 heteroatoms. The normalized spacial score (nSPS) is 21.9. The summed E-state index contributed by atoms with van der Waals surface area (Å²) in [7, 11) is 0. The number of allylic oxidation sites excluding steroid dienone is 3. The van der Waals surface area contributed by atoms with Gasteiger partial charge in [-0.25, -0.2) is 0 Å². The fourth-order valence-electron chi connectivity index (χ4n) is 4.50. The molecule has 4 nitrogen and oxygen atoms in total. The van der Waals surface area contributed by atoms with Crippen LogP contribution in [-0.4, -0.2) is 17.6 Å². The van der Waals surface area contributed by atoms with Crippen LogP contribution in [0, 0.1) is 11.8 Å². The Bertz CT molecular complexity index is 1410. The molecule has 0 bridgehead atoms. The first-order valence-corrected chi connectivity index (χ1v) is 12.2. The maximum atomic E-state index is 13.2. The van der Waals surface area contributed by atoms with Crippen LogP contribution in [0.15, 0.2) is 84.0 Å². The minimum atomic E-state index is -4.97. The predicted molar refractivity (Wildman–Crippen MR) is 139 cm³/mol. The summed E-state index contributed by atoms with van der Waals surface area (Å²) in [6, 6.07) is 6.19. The molecule has 0 saturated carbocycles. The van der Waals surface area contributed by atoms with Crippen LogP contribution < -0.4 is 10.5 Å². The molecule has 0 saturated heterocycles. The summed E-state index contributed by atoms with van der Waals surface area (Å²) in [5, 5.41) is 10.8. The van der Waals surface area contributed by atoms with Gasteiger partial charge in [0.25, 0.3) is 0 Å². The number of nitrogens with two attached hydrogens (primary N) is 1. The first-order chi connectivity index (χ1) is 18.7. The van der Waals surface area contributed by atoms with E-state index in [0.29, 0.717) is 29.0 Å². The Balaban J connectivity index is 1.50. The van der Waals surface area contributed by atoms with E-state index in [1.807, 2.05) is 25.2 Å². The van der Waals surface area contributed by atoms with Gasteiger partial charge in [0.15, 0.2) is 0 Å². The van der Waals surface area contributed by atoms with Gasteiger partial charge in [-0.1, -0.05) is 49.4 Å². The highest BCUT2D eigenvalue weighted by Crippen LogP contribution is 2.39. The smallest absolute Gasteiger partial charge is 0.416 e. The highest BCUT2D eigenvalue weighted by atomic mass is 19.4. The molecule has 0 radical (unpaired) electrons. The van der Waals surface area contributed by atoms with Gasteiger partial charge in [0.05, 0.1) is 11.1 Å². The lowest BCUT2D eigenvalue weighted by Crippen LogP contribution is -2.13.